The van der Waals surface area contributed by atoms with Gasteiger partial charge in [0.05, 0.1) is 18.2 Å². The maximum absolute atomic E-state index is 13.6. The van der Waals surface area contributed by atoms with E-state index in [0.29, 0.717) is 54.8 Å². The molecule has 0 fully saturated rings. The van der Waals surface area contributed by atoms with Gasteiger partial charge in [0, 0.05) is 6.54 Å². The highest BCUT2D eigenvalue weighted by atomic mass is 35.5. The van der Waals surface area contributed by atoms with E-state index in [0.717, 1.165) is 5.56 Å². The minimum Gasteiger partial charge on any atom is -0.490 e. The first-order chi connectivity index (χ1) is 11.7. The monoisotopic (exact) mass is 351 g/mol. The van der Waals surface area contributed by atoms with Crippen molar-refractivity contribution in [1.29, 1.82) is 0 Å². The summed E-state index contributed by atoms with van der Waals surface area (Å²) < 4.78 is 24.7. The van der Waals surface area contributed by atoms with Crippen LogP contribution in [0, 0.1) is 5.82 Å². The van der Waals surface area contributed by atoms with Crippen LogP contribution in [0.2, 0.25) is 5.02 Å². The average Bonchev–Trinajstić information content (AvgIpc) is 2.56. The first-order valence-corrected chi connectivity index (χ1v) is 8.55. The minimum absolute atomic E-state index is 0.165. The molecule has 0 aromatic heterocycles. The molecule has 0 aliphatic rings. The van der Waals surface area contributed by atoms with Gasteiger partial charge in [-0.25, -0.2) is 4.39 Å². The maximum Gasteiger partial charge on any atom is 0.179 e. The lowest BCUT2D eigenvalue weighted by Crippen LogP contribution is -2.17. The summed E-state index contributed by atoms with van der Waals surface area (Å²) >= 11 is 6.30. The molecular formula is C19H23ClFNO2. The van der Waals surface area contributed by atoms with Crippen molar-refractivity contribution in [2.75, 3.05) is 19.8 Å². The van der Waals surface area contributed by atoms with Crippen molar-refractivity contribution >= 4 is 11.6 Å². The smallest absolute Gasteiger partial charge is 0.179 e. The summed E-state index contributed by atoms with van der Waals surface area (Å²) in [7, 11) is 0. The van der Waals surface area contributed by atoms with Gasteiger partial charge in [-0.15, -0.1) is 0 Å². The molecule has 24 heavy (non-hydrogen) atoms. The Labute approximate surface area is 147 Å². The van der Waals surface area contributed by atoms with E-state index in [-0.39, 0.29) is 5.82 Å². The first kappa shape index (κ1) is 18.6. The summed E-state index contributed by atoms with van der Waals surface area (Å²) in [6, 6.07) is 10.6. The van der Waals surface area contributed by atoms with Gasteiger partial charge in [-0.2, -0.15) is 0 Å². The molecule has 0 saturated heterocycles. The van der Waals surface area contributed by atoms with E-state index in [9.17, 15) is 4.39 Å². The van der Waals surface area contributed by atoms with Gasteiger partial charge in [0.2, 0.25) is 0 Å². The fourth-order valence-electron chi connectivity index (χ4n) is 2.43. The number of rotatable bonds is 9. The van der Waals surface area contributed by atoms with E-state index < -0.39 is 0 Å². The molecule has 0 aliphatic heterocycles. The molecule has 0 bridgehead atoms. The van der Waals surface area contributed by atoms with E-state index in [2.05, 4.69) is 5.32 Å². The molecule has 2 aromatic rings. The van der Waals surface area contributed by atoms with Gasteiger partial charge >= 0.3 is 0 Å². The Morgan fingerprint density at radius 1 is 1.08 bits per heavy atom. The molecule has 0 amide bonds. The summed E-state index contributed by atoms with van der Waals surface area (Å²) in [5, 5.41) is 3.84. The van der Waals surface area contributed by atoms with Crippen LogP contribution in [0.25, 0.3) is 0 Å². The number of ether oxygens (including phenoxy) is 2. The van der Waals surface area contributed by atoms with Crippen LogP contribution in [0.15, 0.2) is 36.4 Å². The zero-order valence-corrected chi connectivity index (χ0v) is 14.8. The van der Waals surface area contributed by atoms with Crippen LogP contribution in [0.3, 0.4) is 0 Å². The molecule has 130 valence electrons. The summed E-state index contributed by atoms with van der Waals surface area (Å²) in [6.45, 7) is 6.20. The highest BCUT2D eigenvalue weighted by molar-refractivity contribution is 6.32. The lowest BCUT2D eigenvalue weighted by atomic mass is 10.1. The lowest BCUT2D eigenvalue weighted by molar-refractivity contribution is 0.287. The summed E-state index contributed by atoms with van der Waals surface area (Å²) in [4.78, 5) is 0. The number of halogens is 2. The molecule has 0 radical (unpaired) electrons. The van der Waals surface area contributed by atoms with Crippen LogP contribution in [0.5, 0.6) is 11.5 Å². The molecule has 0 atom stereocenters. The standard InChI is InChI=1S/C19H23ClFNO2/c1-3-23-18-12-14(11-16(20)19(18)24-4-2)13-22-10-9-15-7-5-6-8-17(15)21/h5-8,11-12,22H,3-4,9-10,13H2,1-2H3. The Bertz CT molecular complexity index is 664. The van der Waals surface area contributed by atoms with Gasteiger partial charge in [0.25, 0.3) is 0 Å². The third kappa shape index (κ3) is 5.11. The van der Waals surface area contributed by atoms with Gasteiger partial charge < -0.3 is 14.8 Å². The highest BCUT2D eigenvalue weighted by Gasteiger charge is 2.12. The van der Waals surface area contributed by atoms with Crippen molar-refractivity contribution in [3.05, 3.63) is 58.4 Å². The average molecular weight is 352 g/mol. The third-order valence-electron chi connectivity index (χ3n) is 3.52. The van der Waals surface area contributed by atoms with E-state index in [1.807, 2.05) is 32.0 Å². The molecule has 2 rings (SSSR count). The van der Waals surface area contributed by atoms with Crippen LogP contribution >= 0.6 is 11.6 Å². The molecular weight excluding hydrogens is 329 g/mol. The second-order valence-electron chi connectivity index (χ2n) is 5.29. The van der Waals surface area contributed by atoms with Gasteiger partial charge in [0.15, 0.2) is 11.5 Å². The van der Waals surface area contributed by atoms with Gasteiger partial charge in [-0.1, -0.05) is 29.8 Å². The van der Waals surface area contributed by atoms with E-state index in [1.54, 1.807) is 12.1 Å². The van der Waals surface area contributed by atoms with Crippen LogP contribution in [0.1, 0.15) is 25.0 Å². The second-order valence-corrected chi connectivity index (χ2v) is 5.70. The topological polar surface area (TPSA) is 30.5 Å². The zero-order valence-electron chi connectivity index (χ0n) is 14.1. The van der Waals surface area contributed by atoms with Crippen molar-refractivity contribution in [3.8, 4) is 11.5 Å². The summed E-state index contributed by atoms with van der Waals surface area (Å²) in [5.41, 5.74) is 1.71. The number of hydrogen-bond acceptors (Lipinski definition) is 3. The predicted molar refractivity (Wildman–Crippen MR) is 95.6 cm³/mol. The number of hydrogen-bond donors (Lipinski definition) is 1. The number of benzene rings is 2. The Kier molecular flexibility index (Phi) is 7.35. The van der Waals surface area contributed by atoms with E-state index in [4.69, 9.17) is 21.1 Å². The Morgan fingerprint density at radius 2 is 1.83 bits per heavy atom. The highest BCUT2D eigenvalue weighted by Crippen LogP contribution is 2.36. The molecule has 1 N–H and O–H groups in total. The van der Waals surface area contributed by atoms with Gasteiger partial charge in [-0.05, 0) is 56.1 Å². The maximum atomic E-state index is 13.6. The van der Waals surface area contributed by atoms with Crippen LogP contribution in [0.4, 0.5) is 4.39 Å². The molecule has 5 heteroatoms. The minimum atomic E-state index is -0.165. The predicted octanol–water partition coefficient (Wildman–Crippen LogP) is 4.61. The van der Waals surface area contributed by atoms with Crippen LogP contribution in [-0.4, -0.2) is 19.8 Å². The Hall–Kier alpha value is -1.78. The zero-order chi connectivity index (χ0) is 17.4. The van der Waals surface area contributed by atoms with Crippen molar-refractivity contribution in [1.82, 2.24) is 5.32 Å². The summed E-state index contributed by atoms with van der Waals surface area (Å²) in [6.07, 6.45) is 0.635. The van der Waals surface area contributed by atoms with Gasteiger partial charge in [0.1, 0.15) is 5.82 Å². The summed E-state index contributed by atoms with van der Waals surface area (Å²) in [5.74, 6) is 1.07. The Balaban J connectivity index is 1.96. The number of nitrogens with one attached hydrogen (secondary N) is 1. The largest absolute Gasteiger partial charge is 0.490 e. The molecule has 0 spiro atoms. The van der Waals surface area contributed by atoms with Gasteiger partial charge in [-0.3, -0.25) is 0 Å². The SMILES string of the molecule is CCOc1cc(CNCCc2ccccc2F)cc(Cl)c1OCC. The Morgan fingerprint density at radius 3 is 2.54 bits per heavy atom. The normalized spacial score (nSPS) is 10.7. The third-order valence-corrected chi connectivity index (χ3v) is 3.80. The molecule has 0 heterocycles. The molecule has 3 nitrogen and oxygen atoms in total. The quantitative estimate of drug-likeness (QED) is 0.669. The molecule has 0 unspecified atom stereocenters. The lowest BCUT2D eigenvalue weighted by Gasteiger charge is -2.14. The van der Waals surface area contributed by atoms with E-state index in [1.165, 1.54) is 6.07 Å². The first-order valence-electron chi connectivity index (χ1n) is 8.17. The van der Waals surface area contributed by atoms with Crippen molar-refractivity contribution in [2.45, 2.75) is 26.8 Å². The van der Waals surface area contributed by atoms with Crippen LogP contribution in [-0.2, 0) is 13.0 Å². The van der Waals surface area contributed by atoms with Crippen molar-refractivity contribution < 1.29 is 13.9 Å². The molecule has 0 saturated carbocycles. The fourth-order valence-corrected chi connectivity index (χ4v) is 2.72. The second kappa shape index (κ2) is 9.50. The van der Waals surface area contributed by atoms with Crippen molar-refractivity contribution in [2.24, 2.45) is 0 Å². The van der Waals surface area contributed by atoms with Crippen molar-refractivity contribution in [3.63, 3.8) is 0 Å². The van der Waals surface area contributed by atoms with Crippen LogP contribution < -0.4 is 14.8 Å². The molecule has 2 aromatic carbocycles. The fraction of sp³-hybridized carbons (Fsp3) is 0.368. The molecule has 0 aliphatic carbocycles. The van der Waals surface area contributed by atoms with E-state index >= 15 is 0 Å².